The van der Waals surface area contributed by atoms with Crippen LogP contribution in [0.4, 0.5) is 0 Å². The van der Waals surface area contributed by atoms with Crippen molar-refractivity contribution in [3.8, 4) is 0 Å². The predicted molar refractivity (Wildman–Crippen MR) is 117 cm³/mol. The molecule has 8 nitrogen and oxygen atoms in total. The molecule has 0 saturated carbocycles. The highest BCUT2D eigenvalue weighted by Crippen LogP contribution is 2.13. The van der Waals surface area contributed by atoms with E-state index in [0.717, 1.165) is 12.2 Å². The van der Waals surface area contributed by atoms with Gasteiger partial charge in [0.15, 0.2) is 0 Å². The molecule has 174 valence electrons. The predicted octanol–water partition coefficient (Wildman–Crippen LogP) is 3.80. The van der Waals surface area contributed by atoms with Gasteiger partial charge >= 0.3 is 23.9 Å². The zero-order valence-corrected chi connectivity index (χ0v) is 18.2. The van der Waals surface area contributed by atoms with Crippen LogP contribution in [-0.4, -0.2) is 50.3 Å². The van der Waals surface area contributed by atoms with Crippen LogP contribution >= 0.6 is 0 Å². The topological polar surface area (TPSA) is 105 Å². The fraction of sp³-hybridized carbons (Fsp3) is 0.417. The van der Waals surface area contributed by atoms with Crippen molar-refractivity contribution in [2.75, 3.05) is 26.4 Å². The smallest absolute Gasteiger partial charge is 0.339 e. The van der Waals surface area contributed by atoms with Crippen LogP contribution in [0.3, 0.4) is 0 Å². The molecule has 0 spiro atoms. The van der Waals surface area contributed by atoms with Gasteiger partial charge in [0.1, 0.15) is 0 Å². The Bertz CT molecular complexity index is 719. The van der Waals surface area contributed by atoms with Crippen LogP contribution in [0.25, 0.3) is 0 Å². The van der Waals surface area contributed by atoms with Gasteiger partial charge in [-0.2, -0.15) is 0 Å². The van der Waals surface area contributed by atoms with Crippen molar-refractivity contribution in [2.24, 2.45) is 0 Å². The van der Waals surface area contributed by atoms with Crippen LogP contribution in [0.1, 0.15) is 59.2 Å². The molecule has 0 heterocycles. The summed E-state index contributed by atoms with van der Waals surface area (Å²) >= 11 is 0. The Balaban J connectivity index is 2.32. The molecule has 0 atom stereocenters. The molecule has 8 heteroatoms. The first-order chi connectivity index (χ1) is 15.5. The minimum atomic E-state index is -0.598. The van der Waals surface area contributed by atoms with Crippen molar-refractivity contribution < 1.29 is 38.1 Å². The molecule has 0 aliphatic heterocycles. The maximum atomic E-state index is 12.4. The normalized spacial score (nSPS) is 10.0. The summed E-state index contributed by atoms with van der Waals surface area (Å²) in [5.41, 5.74) is 0.294. The number of carbonyl (C=O) groups is 4. The highest BCUT2D eigenvalue weighted by molar-refractivity contribution is 6.03. The Morgan fingerprint density at radius 3 is 1.28 bits per heavy atom. The van der Waals surface area contributed by atoms with Gasteiger partial charge < -0.3 is 18.9 Å². The first-order valence-corrected chi connectivity index (χ1v) is 10.5. The molecular weight excluding hydrogens is 416 g/mol. The molecule has 0 N–H and O–H groups in total. The van der Waals surface area contributed by atoms with E-state index in [4.69, 9.17) is 18.9 Å². The Morgan fingerprint density at radius 1 is 0.594 bits per heavy atom. The van der Waals surface area contributed by atoms with Crippen molar-refractivity contribution in [3.63, 3.8) is 0 Å². The molecule has 0 radical (unpaired) electrons. The maximum Gasteiger partial charge on any atom is 0.339 e. The SMILES string of the molecule is C=CC(=O)OCCCCCOC(=O)c1ccccc1C(=O)OCCCCCOC(=O)C=C. The quantitative estimate of drug-likeness (QED) is 0.163. The Kier molecular flexibility index (Phi) is 13.6. The molecule has 1 rings (SSSR count). The summed E-state index contributed by atoms with van der Waals surface area (Å²) in [5, 5.41) is 0. The molecular formula is C24H30O8. The third-order valence-electron chi connectivity index (χ3n) is 4.23. The molecule has 1 aromatic rings. The Morgan fingerprint density at radius 2 is 0.938 bits per heavy atom. The third-order valence-corrected chi connectivity index (χ3v) is 4.23. The molecule has 0 aliphatic carbocycles. The van der Waals surface area contributed by atoms with Crippen LogP contribution in [0, 0.1) is 0 Å². The van der Waals surface area contributed by atoms with Gasteiger partial charge in [-0.15, -0.1) is 0 Å². The van der Waals surface area contributed by atoms with Gasteiger partial charge in [0.25, 0.3) is 0 Å². The van der Waals surface area contributed by atoms with Crippen LogP contribution in [0.2, 0.25) is 0 Å². The van der Waals surface area contributed by atoms with Crippen molar-refractivity contribution >= 4 is 23.9 Å². The van der Waals surface area contributed by atoms with Crippen LogP contribution in [0.15, 0.2) is 49.6 Å². The van der Waals surface area contributed by atoms with Gasteiger partial charge in [-0.3, -0.25) is 0 Å². The molecule has 0 fully saturated rings. The van der Waals surface area contributed by atoms with E-state index in [-0.39, 0.29) is 37.6 Å². The highest BCUT2D eigenvalue weighted by Gasteiger charge is 2.18. The number of hydrogen-bond donors (Lipinski definition) is 0. The average molecular weight is 446 g/mol. The van der Waals surface area contributed by atoms with E-state index in [1.54, 1.807) is 12.1 Å². The number of benzene rings is 1. The fourth-order valence-electron chi connectivity index (χ4n) is 2.55. The number of rotatable bonds is 16. The summed E-state index contributed by atoms with van der Waals surface area (Å²) in [5.74, 6) is -2.12. The molecule has 0 aliphatic rings. The summed E-state index contributed by atoms with van der Waals surface area (Å²) < 4.78 is 20.2. The van der Waals surface area contributed by atoms with Crippen molar-refractivity contribution in [2.45, 2.75) is 38.5 Å². The Labute approximate surface area is 188 Å². The van der Waals surface area contributed by atoms with Crippen LogP contribution < -0.4 is 0 Å². The first-order valence-electron chi connectivity index (χ1n) is 10.5. The third kappa shape index (κ3) is 11.1. The monoisotopic (exact) mass is 446 g/mol. The first kappa shape index (κ1) is 26.6. The van der Waals surface area contributed by atoms with Gasteiger partial charge in [-0.05, 0) is 50.7 Å². The molecule has 0 aromatic heterocycles. The van der Waals surface area contributed by atoms with Crippen molar-refractivity contribution in [3.05, 3.63) is 60.7 Å². The fourth-order valence-corrected chi connectivity index (χ4v) is 2.55. The lowest BCUT2D eigenvalue weighted by Crippen LogP contribution is -2.15. The van der Waals surface area contributed by atoms with Gasteiger partial charge in [0.2, 0.25) is 0 Å². The molecule has 0 unspecified atom stereocenters. The van der Waals surface area contributed by atoms with Crippen LogP contribution in [-0.2, 0) is 28.5 Å². The van der Waals surface area contributed by atoms with Gasteiger partial charge in [-0.1, -0.05) is 25.3 Å². The number of esters is 4. The van der Waals surface area contributed by atoms with E-state index in [1.165, 1.54) is 12.1 Å². The van der Waals surface area contributed by atoms with Crippen molar-refractivity contribution in [1.29, 1.82) is 0 Å². The number of carbonyl (C=O) groups excluding carboxylic acids is 4. The summed E-state index contributed by atoms with van der Waals surface area (Å²) in [6, 6.07) is 6.32. The second-order valence-corrected chi connectivity index (χ2v) is 6.68. The van der Waals surface area contributed by atoms with E-state index in [9.17, 15) is 19.2 Å². The van der Waals surface area contributed by atoms with Gasteiger partial charge in [0, 0.05) is 12.2 Å². The lowest BCUT2D eigenvalue weighted by Gasteiger charge is -2.10. The largest absolute Gasteiger partial charge is 0.463 e. The van der Waals surface area contributed by atoms with E-state index in [1.807, 2.05) is 0 Å². The van der Waals surface area contributed by atoms with E-state index >= 15 is 0 Å². The lowest BCUT2D eigenvalue weighted by atomic mass is 10.1. The van der Waals surface area contributed by atoms with E-state index in [0.29, 0.717) is 38.5 Å². The number of ether oxygens (including phenoxy) is 4. The minimum Gasteiger partial charge on any atom is -0.463 e. The van der Waals surface area contributed by atoms with Gasteiger partial charge in [0.05, 0.1) is 37.6 Å². The number of unbranched alkanes of at least 4 members (excludes halogenated alkanes) is 4. The van der Waals surface area contributed by atoms with E-state index < -0.39 is 23.9 Å². The number of hydrogen-bond acceptors (Lipinski definition) is 8. The average Bonchev–Trinajstić information content (AvgIpc) is 2.81. The second-order valence-electron chi connectivity index (χ2n) is 6.68. The zero-order valence-electron chi connectivity index (χ0n) is 18.2. The summed E-state index contributed by atoms with van der Waals surface area (Å²) in [4.78, 5) is 46.6. The van der Waals surface area contributed by atoms with Crippen molar-refractivity contribution in [1.82, 2.24) is 0 Å². The lowest BCUT2D eigenvalue weighted by molar-refractivity contribution is -0.138. The van der Waals surface area contributed by atoms with Crippen LogP contribution in [0.5, 0.6) is 0 Å². The molecule has 0 saturated heterocycles. The second kappa shape index (κ2) is 16.3. The maximum absolute atomic E-state index is 12.4. The molecule has 0 bridgehead atoms. The molecule has 1 aromatic carbocycles. The van der Waals surface area contributed by atoms with Gasteiger partial charge in [-0.25, -0.2) is 19.2 Å². The minimum absolute atomic E-state index is 0.147. The summed E-state index contributed by atoms with van der Waals surface area (Å²) in [6.07, 6.45) is 6.15. The highest BCUT2D eigenvalue weighted by atomic mass is 16.5. The molecule has 0 amide bonds. The Hall–Kier alpha value is -3.42. The standard InChI is InChI=1S/C24H30O8/c1-3-21(25)29-15-9-5-11-17-31-23(27)19-13-7-8-14-20(19)24(28)32-18-12-6-10-16-30-22(26)4-2/h3-4,7-8,13-14H,1-2,5-6,9-12,15-18H2. The van der Waals surface area contributed by atoms with E-state index in [2.05, 4.69) is 13.2 Å². The zero-order chi connectivity index (χ0) is 23.6. The summed E-state index contributed by atoms with van der Waals surface area (Å²) in [7, 11) is 0. The summed E-state index contributed by atoms with van der Waals surface area (Å²) in [6.45, 7) is 7.57. The molecule has 32 heavy (non-hydrogen) atoms.